The number of halogens is 1. The molecule has 1 N–H and O–H groups in total. The van der Waals surface area contributed by atoms with Crippen molar-refractivity contribution < 1.29 is 22.3 Å². The molecular weight excluding hydrogens is 385 g/mol. The fraction of sp³-hybridized carbons (Fsp3) is 0.158. The minimum absolute atomic E-state index is 0.109. The van der Waals surface area contributed by atoms with Gasteiger partial charge in [-0.3, -0.25) is 4.72 Å². The Hall–Kier alpha value is -3.20. The lowest BCUT2D eigenvalue weighted by atomic mass is 10.1. The first-order chi connectivity index (χ1) is 13.2. The molecule has 7 nitrogen and oxygen atoms in total. The van der Waals surface area contributed by atoms with E-state index >= 15 is 0 Å². The molecular formula is C19H18FN3O4S. The summed E-state index contributed by atoms with van der Waals surface area (Å²) in [7, 11) is -3.07. The molecule has 0 unspecified atom stereocenters. The quantitative estimate of drug-likeness (QED) is 0.661. The zero-order valence-corrected chi connectivity index (χ0v) is 16.2. The van der Waals surface area contributed by atoms with E-state index in [-0.39, 0.29) is 21.8 Å². The van der Waals surface area contributed by atoms with Gasteiger partial charge in [0.1, 0.15) is 11.6 Å². The van der Waals surface area contributed by atoms with Gasteiger partial charge in [-0.2, -0.15) is 5.10 Å². The molecule has 2 aromatic carbocycles. The second-order valence-corrected chi connectivity index (χ2v) is 7.75. The summed E-state index contributed by atoms with van der Waals surface area (Å²) in [5.41, 5.74) is 0.939. The van der Waals surface area contributed by atoms with Crippen LogP contribution in [0.1, 0.15) is 21.6 Å². The lowest BCUT2D eigenvalue weighted by Crippen LogP contribution is -2.18. The summed E-state index contributed by atoms with van der Waals surface area (Å²) in [5.74, 6) is -1.47. The number of sulfonamides is 1. The number of carbonyl (C=O) groups excluding carboxylic acids is 1. The van der Waals surface area contributed by atoms with E-state index in [1.54, 1.807) is 37.3 Å². The molecule has 9 heteroatoms. The molecule has 0 spiro atoms. The van der Waals surface area contributed by atoms with Gasteiger partial charge < -0.3 is 4.74 Å². The van der Waals surface area contributed by atoms with Crippen molar-refractivity contribution in [1.82, 2.24) is 9.78 Å². The zero-order valence-electron chi connectivity index (χ0n) is 15.4. The van der Waals surface area contributed by atoms with E-state index in [0.717, 1.165) is 19.2 Å². The van der Waals surface area contributed by atoms with Crippen molar-refractivity contribution in [3.63, 3.8) is 0 Å². The Balaban J connectivity index is 2.07. The van der Waals surface area contributed by atoms with Crippen molar-refractivity contribution in [2.75, 3.05) is 11.8 Å². The van der Waals surface area contributed by atoms with E-state index in [1.165, 1.54) is 11.6 Å². The first-order valence-electron chi connectivity index (χ1n) is 8.26. The van der Waals surface area contributed by atoms with Crippen LogP contribution >= 0.6 is 0 Å². The predicted octanol–water partition coefficient (Wildman–Crippen LogP) is 3.22. The number of hydrogen-bond acceptors (Lipinski definition) is 5. The standard InChI is InChI=1S/C19H18FN3O4S/c1-12-9-18(23(21-12)15-7-5-4-6-8-15)22-28(25,26)17-11-14(19(24)27-3)10-16(20)13(17)2/h4-11,22H,1-3H3. The number of aromatic nitrogens is 2. The van der Waals surface area contributed by atoms with E-state index in [0.29, 0.717) is 11.4 Å². The molecule has 0 bridgehead atoms. The van der Waals surface area contributed by atoms with Crippen LogP contribution in [0.25, 0.3) is 5.69 Å². The summed E-state index contributed by atoms with van der Waals surface area (Å²) in [6.07, 6.45) is 0. The summed E-state index contributed by atoms with van der Waals surface area (Å²) in [5, 5.41) is 4.30. The predicted molar refractivity (Wildman–Crippen MR) is 102 cm³/mol. The van der Waals surface area contributed by atoms with Crippen LogP contribution in [-0.2, 0) is 14.8 Å². The largest absolute Gasteiger partial charge is 0.465 e. The van der Waals surface area contributed by atoms with Gasteiger partial charge in [0, 0.05) is 11.6 Å². The van der Waals surface area contributed by atoms with Crippen LogP contribution in [-0.4, -0.2) is 31.3 Å². The Morgan fingerprint density at radius 2 is 1.82 bits per heavy atom. The van der Waals surface area contributed by atoms with Crippen molar-refractivity contribution in [1.29, 1.82) is 0 Å². The highest BCUT2D eigenvalue weighted by Crippen LogP contribution is 2.25. The number of aryl methyl sites for hydroxylation is 1. The van der Waals surface area contributed by atoms with E-state index in [2.05, 4.69) is 14.6 Å². The van der Waals surface area contributed by atoms with Crippen molar-refractivity contribution in [2.45, 2.75) is 18.7 Å². The van der Waals surface area contributed by atoms with E-state index in [4.69, 9.17) is 0 Å². The summed E-state index contributed by atoms with van der Waals surface area (Å²) >= 11 is 0. The molecule has 0 aliphatic rings. The molecule has 1 aromatic heterocycles. The number of methoxy groups -OCH3 is 1. The maximum atomic E-state index is 14.2. The number of ether oxygens (including phenoxy) is 1. The van der Waals surface area contributed by atoms with E-state index in [9.17, 15) is 17.6 Å². The average molecular weight is 403 g/mol. The second kappa shape index (κ2) is 7.43. The van der Waals surface area contributed by atoms with E-state index < -0.39 is 21.8 Å². The van der Waals surface area contributed by atoms with Gasteiger partial charge in [-0.15, -0.1) is 0 Å². The molecule has 0 saturated heterocycles. The minimum Gasteiger partial charge on any atom is -0.465 e. The first-order valence-corrected chi connectivity index (χ1v) is 9.74. The van der Waals surface area contributed by atoms with Gasteiger partial charge in [0.2, 0.25) is 0 Å². The third kappa shape index (κ3) is 3.74. The van der Waals surface area contributed by atoms with Crippen LogP contribution in [0.4, 0.5) is 10.2 Å². The first kappa shape index (κ1) is 19.6. The van der Waals surface area contributed by atoms with Crippen molar-refractivity contribution in [3.8, 4) is 5.69 Å². The second-order valence-electron chi connectivity index (χ2n) is 6.10. The van der Waals surface area contributed by atoms with Crippen LogP contribution in [0.3, 0.4) is 0 Å². The van der Waals surface area contributed by atoms with Crippen LogP contribution < -0.4 is 4.72 Å². The van der Waals surface area contributed by atoms with Crippen LogP contribution in [0, 0.1) is 19.7 Å². The highest BCUT2D eigenvalue weighted by Gasteiger charge is 2.24. The SMILES string of the molecule is COC(=O)c1cc(F)c(C)c(S(=O)(=O)Nc2cc(C)nn2-c2ccccc2)c1. The molecule has 3 rings (SSSR count). The van der Waals surface area contributed by atoms with Crippen LogP contribution in [0.2, 0.25) is 0 Å². The topological polar surface area (TPSA) is 90.3 Å². The van der Waals surface area contributed by atoms with Crippen LogP contribution in [0.5, 0.6) is 0 Å². The summed E-state index contributed by atoms with van der Waals surface area (Å²) in [6.45, 7) is 3.05. The molecule has 0 fully saturated rings. The molecule has 0 saturated carbocycles. The van der Waals surface area contributed by atoms with Crippen LogP contribution in [0.15, 0.2) is 53.4 Å². The van der Waals surface area contributed by atoms with Gasteiger partial charge in [0.25, 0.3) is 10.0 Å². The maximum absolute atomic E-state index is 14.2. The number of para-hydroxylation sites is 1. The minimum atomic E-state index is -4.21. The number of rotatable bonds is 5. The molecule has 0 radical (unpaired) electrons. The number of carbonyl (C=O) groups is 1. The fourth-order valence-electron chi connectivity index (χ4n) is 2.70. The number of benzene rings is 2. The number of nitrogens with zero attached hydrogens (tertiary/aromatic N) is 2. The number of hydrogen-bond donors (Lipinski definition) is 1. The third-order valence-electron chi connectivity index (χ3n) is 4.08. The molecule has 3 aromatic rings. The molecule has 0 amide bonds. The Morgan fingerprint density at radius 1 is 1.14 bits per heavy atom. The lowest BCUT2D eigenvalue weighted by Gasteiger charge is -2.13. The van der Waals surface area contributed by atoms with Gasteiger partial charge in [-0.1, -0.05) is 18.2 Å². The Morgan fingerprint density at radius 3 is 2.46 bits per heavy atom. The molecule has 0 aliphatic heterocycles. The zero-order chi connectivity index (χ0) is 20.5. The molecule has 146 valence electrons. The lowest BCUT2D eigenvalue weighted by molar-refractivity contribution is 0.0600. The Kier molecular flexibility index (Phi) is 5.19. The van der Waals surface area contributed by atoms with Crippen molar-refractivity contribution >= 4 is 21.8 Å². The number of nitrogens with one attached hydrogen (secondary N) is 1. The van der Waals surface area contributed by atoms with E-state index in [1.807, 2.05) is 6.07 Å². The molecule has 28 heavy (non-hydrogen) atoms. The van der Waals surface area contributed by atoms with Gasteiger partial charge in [-0.25, -0.2) is 22.3 Å². The van der Waals surface area contributed by atoms with Gasteiger partial charge in [0.15, 0.2) is 0 Å². The van der Waals surface area contributed by atoms with Gasteiger partial charge >= 0.3 is 5.97 Å². The highest BCUT2D eigenvalue weighted by atomic mass is 32.2. The highest BCUT2D eigenvalue weighted by molar-refractivity contribution is 7.92. The molecule has 0 aliphatic carbocycles. The maximum Gasteiger partial charge on any atom is 0.337 e. The third-order valence-corrected chi connectivity index (χ3v) is 5.56. The van der Waals surface area contributed by atoms with Gasteiger partial charge in [0.05, 0.1) is 29.0 Å². The summed E-state index contributed by atoms with van der Waals surface area (Å²) in [4.78, 5) is 11.4. The van der Waals surface area contributed by atoms with Crippen molar-refractivity contribution in [3.05, 3.63) is 71.2 Å². The smallest absolute Gasteiger partial charge is 0.337 e. The van der Waals surface area contributed by atoms with Crippen molar-refractivity contribution in [2.24, 2.45) is 0 Å². The fourth-order valence-corrected chi connectivity index (χ4v) is 4.01. The normalized spacial score (nSPS) is 11.3. The summed E-state index contributed by atoms with van der Waals surface area (Å²) in [6, 6.07) is 12.5. The monoisotopic (exact) mass is 403 g/mol. The Labute approximate surface area is 161 Å². The Bertz CT molecular complexity index is 1140. The molecule has 0 atom stereocenters. The molecule has 1 heterocycles. The van der Waals surface area contributed by atoms with Gasteiger partial charge in [-0.05, 0) is 38.1 Å². The average Bonchev–Trinajstić information content (AvgIpc) is 3.03. The number of esters is 1. The summed E-state index contributed by atoms with van der Waals surface area (Å²) < 4.78 is 48.6. The number of anilines is 1.